The average Bonchev–Trinajstić information content (AvgIpc) is 3.02. The number of hydrogen-bond donors (Lipinski definition) is 2. The van der Waals surface area contributed by atoms with Crippen LogP contribution in [0.3, 0.4) is 0 Å². The Balaban J connectivity index is 1.90. The molecule has 0 bridgehead atoms. The summed E-state index contributed by atoms with van der Waals surface area (Å²) in [6.07, 6.45) is 3.57. The second-order valence-corrected chi connectivity index (χ2v) is 12.4. The molecule has 0 aromatic heterocycles. The Morgan fingerprint density at radius 3 is 2.40 bits per heavy atom. The van der Waals surface area contributed by atoms with Crippen molar-refractivity contribution in [2.24, 2.45) is 34.5 Å². The van der Waals surface area contributed by atoms with Gasteiger partial charge in [-0.05, 0) is 62.7 Å². The molecule has 3 saturated carbocycles. The average molecular weight is 491 g/mol. The lowest BCUT2D eigenvalue weighted by atomic mass is 9.44. The van der Waals surface area contributed by atoms with Crippen LogP contribution < -0.4 is 0 Å². The van der Waals surface area contributed by atoms with Gasteiger partial charge in [-0.3, -0.25) is 14.4 Å². The van der Waals surface area contributed by atoms with E-state index >= 15 is 0 Å². The van der Waals surface area contributed by atoms with Crippen LogP contribution in [0.4, 0.5) is 0 Å². The zero-order valence-electron chi connectivity index (χ0n) is 22.0. The molecule has 9 atom stereocenters. The summed E-state index contributed by atoms with van der Waals surface area (Å²) in [5, 5.41) is 22.9. The van der Waals surface area contributed by atoms with Gasteiger partial charge >= 0.3 is 11.9 Å². The fourth-order valence-electron chi connectivity index (χ4n) is 8.32. The summed E-state index contributed by atoms with van der Waals surface area (Å²) in [5.74, 6) is -1.91. The van der Waals surface area contributed by atoms with Gasteiger partial charge in [-0.2, -0.15) is 0 Å². The number of fused-ring (bicyclic) bond motifs is 5. The van der Waals surface area contributed by atoms with E-state index in [1.54, 1.807) is 0 Å². The zero-order chi connectivity index (χ0) is 25.9. The molecule has 4 rings (SSSR count). The number of ether oxygens (including phenoxy) is 2. The van der Waals surface area contributed by atoms with Crippen LogP contribution in [-0.2, 0) is 23.9 Å². The number of aliphatic hydroxyl groups is 2. The molecular weight excluding hydrogens is 448 g/mol. The minimum Gasteiger partial charge on any atom is -0.458 e. The monoisotopic (exact) mass is 490 g/mol. The summed E-state index contributed by atoms with van der Waals surface area (Å²) in [4.78, 5) is 38.4. The summed E-state index contributed by atoms with van der Waals surface area (Å²) in [7, 11) is 0. The summed E-state index contributed by atoms with van der Waals surface area (Å²) < 4.78 is 12.2. The summed E-state index contributed by atoms with van der Waals surface area (Å²) in [6.45, 7) is 10.7. The van der Waals surface area contributed by atoms with Crippen molar-refractivity contribution < 1.29 is 34.1 Å². The highest BCUT2D eigenvalue weighted by molar-refractivity contribution is 5.80. The van der Waals surface area contributed by atoms with E-state index in [4.69, 9.17) is 9.47 Å². The first-order chi connectivity index (χ1) is 16.3. The lowest BCUT2D eigenvalue weighted by molar-refractivity contribution is -0.274. The molecule has 35 heavy (non-hydrogen) atoms. The SMILES string of the molecule is CC(=O)O[C@H]1[C@H](OC(=O)CC(C)C)[C@@]2(C)[C@H](C(C)=O)CC[C@@]2(O)C2CC=C3C[C@H](O)CC[C@@]3(C)[C@@H]21. The van der Waals surface area contributed by atoms with E-state index in [1.807, 2.05) is 20.8 Å². The number of esters is 2. The van der Waals surface area contributed by atoms with Gasteiger partial charge in [0.1, 0.15) is 18.0 Å². The van der Waals surface area contributed by atoms with Gasteiger partial charge in [-0.15, -0.1) is 0 Å². The van der Waals surface area contributed by atoms with Crippen LogP contribution in [-0.4, -0.2) is 51.8 Å². The van der Waals surface area contributed by atoms with Crippen LogP contribution in [0.5, 0.6) is 0 Å². The van der Waals surface area contributed by atoms with E-state index in [9.17, 15) is 24.6 Å². The molecular formula is C28H42O7. The molecule has 0 saturated heterocycles. The van der Waals surface area contributed by atoms with E-state index in [0.29, 0.717) is 38.5 Å². The van der Waals surface area contributed by atoms with Crippen LogP contribution in [0.1, 0.15) is 86.5 Å². The van der Waals surface area contributed by atoms with Gasteiger partial charge in [0.15, 0.2) is 0 Å². The zero-order valence-corrected chi connectivity index (χ0v) is 22.0. The number of carbonyl (C=O) groups excluding carboxylic acids is 3. The normalized spacial score (nSPS) is 44.5. The lowest BCUT2D eigenvalue weighted by Gasteiger charge is -2.64. The molecule has 4 aliphatic carbocycles. The van der Waals surface area contributed by atoms with Gasteiger partial charge in [-0.25, -0.2) is 0 Å². The van der Waals surface area contributed by atoms with Gasteiger partial charge in [0.25, 0.3) is 0 Å². The molecule has 2 N–H and O–H groups in total. The molecule has 0 aromatic rings. The number of hydrogen-bond acceptors (Lipinski definition) is 7. The van der Waals surface area contributed by atoms with Crippen molar-refractivity contribution in [1.82, 2.24) is 0 Å². The summed E-state index contributed by atoms with van der Waals surface area (Å²) >= 11 is 0. The van der Waals surface area contributed by atoms with Crippen molar-refractivity contribution in [2.45, 2.75) is 110 Å². The predicted molar refractivity (Wildman–Crippen MR) is 129 cm³/mol. The van der Waals surface area contributed by atoms with Crippen molar-refractivity contribution in [2.75, 3.05) is 0 Å². The third-order valence-corrected chi connectivity index (χ3v) is 9.93. The first-order valence-corrected chi connectivity index (χ1v) is 13.2. The molecule has 0 aromatic carbocycles. The largest absolute Gasteiger partial charge is 0.458 e. The fourth-order valence-corrected chi connectivity index (χ4v) is 8.32. The Bertz CT molecular complexity index is 924. The molecule has 0 spiro atoms. The maximum absolute atomic E-state index is 13.1. The van der Waals surface area contributed by atoms with Gasteiger partial charge in [0.05, 0.1) is 11.7 Å². The minimum absolute atomic E-state index is 0.0487. The maximum Gasteiger partial charge on any atom is 0.306 e. The highest BCUT2D eigenvalue weighted by Crippen LogP contribution is 2.69. The predicted octanol–water partition coefficient (Wildman–Crippen LogP) is 3.74. The Hall–Kier alpha value is -1.73. The molecule has 0 heterocycles. The van der Waals surface area contributed by atoms with Crippen molar-refractivity contribution in [3.05, 3.63) is 11.6 Å². The van der Waals surface area contributed by atoms with Crippen molar-refractivity contribution in [3.63, 3.8) is 0 Å². The topological polar surface area (TPSA) is 110 Å². The van der Waals surface area contributed by atoms with Crippen LogP contribution >= 0.6 is 0 Å². The quantitative estimate of drug-likeness (QED) is 0.446. The van der Waals surface area contributed by atoms with Crippen molar-refractivity contribution in [3.8, 4) is 0 Å². The van der Waals surface area contributed by atoms with Crippen LogP contribution in [0.2, 0.25) is 0 Å². The molecule has 3 fully saturated rings. The summed E-state index contributed by atoms with van der Waals surface area (Å²) in [5.41, 5.74) is -1.64. The Labute approximate surface area is 208 Å². The Kier molecular flexibility index (Phi) is 6.76. The molecule has 7 nitrogen and oxygen atoms in total. The van der Waals surface area contributed by atoms with Crippen molar-refractivity contribution in [1.29, 1.82) is 0 Å². The lowest BCUT2D eigenvalue weighted by Crippen LogP contribution is -2.72. The molecule has 4 aliphatic rings. The van der Waals surface area contributed by atoms with E-state index in [1.165, 1.54) is 13.8 Å². The highest BCUT2D eigenvalue weighted by atomic mass is 16.6. The number of ketones is 1. The van der Waals surface area contributed by atoms with Gasteiger partial charge in [0.2, 0.25) is 0 Å². The number of Topliss-reactive ketones (excluding diaryl/α,β-unsaturated/α-hetero) is 1. The van der Waals surface area contributed by atoms with Crippen LogP contribution in [0.25, 0.3) is 0 Å². The van der Waals surface area contributed by atoms with E-state index in [2.05, 4.69) is 13.0 Å². The maximum atomic E-state index is 13.1. The van der Waals surface area contributed by atoms with Crippen LogP contribution in [0, 0.1) is 34.5 Å². The molecule has 0 aliphatic heterocycles. The standard InChI is InChI=1S/C28H42O7/c1-15(2)13-22(32)35-25-24(34-17(4)30)23-21(8-7-18-14-19(31)9-11-26(18,23)5)28(33)12-10-20(16(3)29)27(25,28)6/h7,15,19-21,23-25,31,33H,8-14H2,1-6H3/t19-,20+,21?,23+,24-,25+,26-,27-,28-/m1/s1. The second kappa shape index (κ2) is 8.98. The van der Waals surface area contributed by atoms with Crippen LogP contribution in [0.15, 0.2) is 11.6 Å². The first kappa shape index (κ1) is 26.3. The number of allylic oxidation sites excluding steroid dienone is 1. The fraction of sp³-hybridized carbons (Fsp3) is 0.821. The summed E-state index contributed by atoms with van der Waals surface area (Å²) in [6, 6.07) is 0. The van der Waals surface area contributed by atoms with E-state index in [0.717, 1.165) is 5.57 Å². The first-order valence-electron chi connectivity index (χ1n) is 13.2. The third-order valence-electron chi connectivity index (χ3n) is 9.93. The van der Waals surface area contributed by atoms with Gasteiger partial charge < -0.3 is 19.7 Å². The smallest absolute Gasteiger partial charge is 0.306 e. The molecule has 7 heteroatoms. The molecule has 196 valence electrons. The van der Waals surface area contributed by atoms with Gasteiger partial charge in [0, 0.05) is 30.6 Å². The highest BCUT2D eigenvalue weighted by Gasteiger charge is 2.75. The number of aliphatic hydroxyl groups excluding tert-OH is 1. The van der Waals surface area contributed by atoms with E-state index in [-0.39, 0.29) is 30.0 Å². The van der Waals surface area contributed by atoms with Gasteiger partial charge in [-0.1, -0.05) is 39.3 Å². The third kappa shape index (κ3) is 3.97. The van der Waals surface area contributed by atoms with Crippen molar-refractivity contribution >= 4 is 17.7 Å². The second-order valence-electron chi connectivity index (χ2n) is 12.4. The number of carbonyl (C=O) groups is 3. The Morgan fingerprint density at radius 2 is 1.80 bits per heavy atom. The Morgan fingerprint density at radius 1 is 1.11 bits per heavy atom. The van der Waals surface area contributed by atoms with E-state index < -0.39 is 52.6 Å². The minimum atomic E-state index is -1.26. The molecule has 1 unspecified atom stereocenters. The number of rotatable bonds is 5. The molecule has 0 amide bonds. The molecule has 0 radical (unpaired) electrons.